The molecule has 4 saturated heterocycles. The van der Waals surface area contributed by atoms with E-state index in [4.69, 9.17) is 52.1 Å². The number of hydrogen-bond acceptors (Lipinski definition) is 32. The maximum atomic E-state index is 14.2. The zero-order valence-electron chi connectivity index (χ0n) is 75.0. The van der Waals surface area contributed by atoms with Gasteiger partial charge in [0.05, 0.1) is 78.2 Å². The Bertz CT molecular complexity index is 3090. The number of Topliss-reactive ketones (excluding diaryl/α,β-unsaturated/α-hetero) is 2. The number of rotatable bonds is 68. The number of methoxy groups -OCH3 is 2. The second kappa shape index (κ2) is 65.3. The number of hydrogen-bond donors (Lipinski definition) is 18. The minimum atomic E-state index is -1.46. The first kappa shape index (κ1) is 112. The number of aliphatic hydroxyl groups is 9. The summed E-state index contributed by atoms with van der Waals surface area (Å²) in [6.07, 6.45) is -2.82. The summed E-state index contributed by atoms with van der Waals surface area (Å²) in [7, 11) is 3.19. The smallest absolute Gasteiger partial charge is 0.407 e. The van der Waals surface area contributed by atoms with Crippen molar-refractivity contribution in [2.24, 2.45) is 0 Å². The summed E-state index contributed by atoms with van der Waals surface area (Å²) in [5.74, 6) is -2.50. The molecule has 4 aliphatic rings. The zero-order chi connectivity index (χ0) is 93.3. The van der Waals surface area contributed by atoms with Crippen molar-refractivity contribution in [2.75, 3.05) is 120 Å². The van der Waals surface area contributed by atoms with E-state index in [1.165, 1.54) is 20.8 Å². The first-order valence-corrected chi connectivity index (χ1v) is 45.4. The van der Waals surface area contributed by atoms with Crippen molar-refractivity contribution in [3.05, 3.63) is 0 Å². The second-order valence-corrected chi connectivity index (χ2v) is 33.0. The van der Waals surface area contributed by atoms with Gasteiger partial charge in [-0.15, -0.1) is 0 Å². The van der Waals surface area contributed by atoms with Crippen molar-refractivity contribution in [3.8, 4) is 0 Å². The molecule has 4 aliphatic heterocycles. The Hall–Kier alpha value is -7.24. The van der Waals surface area contributed by atoms with E-state index in [0.29, 0.717) is 136 Å². The largest absolute Gasteiger partial charge is 0.450 e. The number of aliphatic hydroxyl groups excluding tert-OH is 9. The van der Waals surface area contributed by atoms with E-state index in [2.05, 4.69) is 47.9 Å². The normalized spacial score (nSPS) is 24.4. The topological polar surface area (TPSA) is 600 Å². The highest BCUT2D eigenvalue weighted by molar-refractivity contribution is 5.85. The van der Waals surface area contributed by atoms with Gasteiger partial charge in [0.25, 0.3) is 0 Å². The van der Waals surface area contributed by atoms with Crippen LogP contribution in [0.25, 0.3) is 0 Å². The van der Waals surface area contributed by atoms with E-state index in [1.54, 1.807) is 19.1 Å². The highest BCUT2D eigenvalue weighted by Crippen LogP contribution is 2.30. The van der Waals surface area contributed by atoms with Crippen LogP contribution in [0.1, 0.15) is 239 Å². The predicted molar refractivity (Wildman–Crippen MR) is 454 cm³/mol. The van der Waals surface area contributed by atoms with Gasteiger partial charge in [0.15, 0.2) is 18.9 Å². The molecule has 16 unspecified atom stereocenters. The Morgan fingerprint density at radius 2 is 0.717 bits per heavy atom. The number of nitrogens with zero attached hydrogens (tertiary/aromatic N) is 1. The zero-order valence-corrected chi connectivity index (χ0v) is 75.0. The van der Waals surface area contributed by atoms with Crippen molar-refractivity contribution in [1.29, 1.82) is 0 Å². The third-order valence-electron chi connectivity index (χ3n) is 22.5. The first-order chi connectivity index (χ1) is 61.0. The van der Waals surface area contributed by atoms with Gasteiger partial charge in [0.1, 0.15) is 84.6 Å². The predicted octanol–water partition coefficient (Wildman–Crippen LogP) is 0.407. The van der Waals surface area contributed by atoms with Gasteiger partial charge in [-0.25, -0.2) is 14.4 Å². The minimum absolute atomic E-state index is 0.0227. The van der Waals surface area contributed by atoms with Crippen LogP contribution in [0, 0.1) is 0 Å². The van der Waals surface area contributed by atoms with Gasteiger partial charge in [-0.1, -0.05) is 44.9 Å². The highest BCUT2D eigenvalue weighted by atomic mass is 16.7. The van der Waals surface area contributed by atoms with E-state index in [1.807, 2.05) is 0 Å². The molecule has 127 heavy (non-hydrogen) atoms. The van der Waals surface area contributed by atoms with Gasteiger partial charge in [0.2, 0.25) is 41.4 Å². The standard InChI is InChI=1S/C85H150N10O32/c1-56(99)91-70-76(111)73(108)63(52-96)125-79(70)119-45-23-30-60(102)28-13-7-6-8-19-41-89-83(115)123-48-26-37-85(94-68(106)35-34-61(103)29-14-15-33-69(107)95-51-62(118-5)50-59(95)55-117-4,38-27-49-124-84(116)90-43-21-12-10-18-40-87-67(105)32-25-47-121-81-72(93-58(3)101)78(113)75(110)65(54-98)127-81)36-16-22-44-122-82(114)88-42-20-11-9-17-39-86-66(104)31-24-46-120-80-71(92-57(2)100)77(112)74(109)64(53-97)126-80/h59,62-65,70-81,96-98,108-113H,6-55H2,1-5H3,(H,86,104)(H,87,105)(H,88,114)(H,89,115)(H,90,116)(H,91,99)(H,92,100)(H,93,101)(H,94,106)/t59-,62+,63?,64?,65?,70?,71?,72?,73?,74?,75?,76?,77?,78?,79?,80?,81?,85?/m1/s1. The molecule has 10 amide bonds. The summed E-state index contributed by atoms with van der Waals surface area (Å²) in [4.78, 5) is 155. The fourth-order valence-electron chi connectivity index (χ4n) is 15.5. The summed E-state index contributed by atoms with van der Waals surface area (Å²) in [6, 6.07) is -3.39. The minimum Gasteiger partial charge on any atom is -0.450 e. The van der Waals surface area contributed by atoms with Crippen molar-refractivity contribution >= 4 is 71.2 Å². The lowest BCUT2D eigenvalue weighted by Crippen LogP contribution is -2.64. The van der Waals surface area contributed by atoms with E-state index in [-0.39, 0.29) is 165 Å². The quantitative estimate of drug-likeness (QED) is 0.0290. The number of nitrogens with one attached hydrogen (secondary N) is 9. The lowest BCUT2D eigenvalue weighted by atomic mass is 9.83. The molecule has 0 aliphatic carbocycles. The van der Waals surface area contributed by atoms with E-state index in [0.717, 1.165) is 44.9 Å². The molecule has 0 saturated carbocycles. The molecule has 4 fully saturated rings. The van der Waals surface area contributed by atoms with Crippen molar-refractivity contribution in [1.82, 2.24) is 52.8 Å². The number of amides is 10. The van der Waals surface area contributed by atoms with Crippen LogP contribution in [0.2, 0.25) is 0 Å². The monoisotopic (exact) mass is 1820 g/mol. The van der Waals surface area contributed by atoms with Crippen LogP contribution in [0.5, 0.6) is 0 Å². The number of likely N-dealkylation sites (tertiary alicyclic amines) is 1. The fraction of sp³-hybridized carbons (Fsp3) is 0.859. The fourth-order valence-corrected chi connectivity index (χ4v) is 15.5. The number of carbonyl (C=O) groups is 12. The molecule has 18 N–H and O–H groups in total. The van der Waals surface area contributed by atoms with Crippen molar-refractivity contribution < 1.29 is 156 Å². The third-order valence-corrected chi connectivity index (χ3v) is 22.5. The second-order valence-electron chi connectivity index (χ2n) is 33.0. The molecule has 732 valence electrons. The van der Waals surface area contributed by atoms with Gasteiger partial charge < -0.3 is 151 Å². The lowest BCUT2D eigenvalue weighted by molar-refractivity contribution is -0.270. The Labute approximate surface area is 744 Å². The molecule has 0 aromatic heterocycles. The molecule has 18 atom stereocenters. The summed E-state index contributed by atoms with van der Waals surface area (Å²) in [5, 5.41) is 116. The number of carbonyl (C=O) groups excluding carboxylic acids is 12. The van der Waals surface area contributed by atoms with Gasteiger partial charge >= 0.3 is 18.3 Å². The maximum absolute atomic E-state index is 14.2. The van der Waals surface area contributed by atoms with E-state index in [9.17, 15) is 103 Å². The van der Waals surface area contributed by atoms with Crippen LogP contribution in [0.4, 0.5) is 14.4 Å². The first-order valence-electron chi connectivity index (χ1n) is 45.4. The lowest BCUT2D eigenvalue weighted by Gasteiger charge is -2.42. The summed E-state index contributed by atoms with van der Waals surface area (Å²) >= 11 is 0. The summed E-state index contributed by atoms with van der Waals surface area (Å²) in [5.41, 5.74) is -1.00. The summed E-state index contributed by atoms with van der Waals surface area (Å²) in [6.45, 7) is 4.58. The van der Waals surface area contributed by atoms with Crippen LogP contribution in [-0.2, 0) is 95.3 Å². The average Bonchev–Trinajstić information content (AvgIpc) is 1.76. The number of unbranched alkanes of at least 4 members (excludes halogenated alkanes) is 12. The van der Waals surface area contributed by atoms with Gasteiger partial charge in [0, 0.05) is 131 Å². The number of ketones is 2. The SMILES string of the molecule is COC[C@H]1C[C@H](OC)CN1C(=O)CCCCC(=O)CCC(=O)NC(CCCCOC(=O)NCCCCCCNC(=O)CCCOC1OC(CO)C(O)C(O)C1NC(C)=O)(CCCOC(=O)NCCCCCCCC(=O)CCCOC1OC(CO)C(O)C(O)C1NC(C)=O)CCCOC(=O)NCCCCCCNC(=O)CCCOC1OC(CO)C(O)C(O)C1NC(C)=O. The number of ether oxygens (including phenoxy) is 11. The average molecular weight is 1820 g/mol. The van der Waals surface area contributed by atoms with E-state index >= 15 is 0 Å². The maximum Gasteiger partial charge on any atom is 0.407 e. The molecule has 0 spiro atoms. The van der Waals surface area contributed by atoms with Crippen LogP contribution >= 0.6 is 0 Å². The third kappa shape index (κ3) is 45.9. The Balaban J connectivity index is 1.28. The molecule has 4 heterocycles. The van der Waals surface area contributed by atoms with Crippen LogP contribution in [0.15, 0.2) is 0 Å². The van der Waals surface area contributed by atoms with Crippen molar-refractivity contribution in [3.63, 3.8) is 0 Å². The molecule has 0 radical (unpaired) electrons. The van der Waals surface area contributed by atoms with E-state index < -0.39 is 159 Å². The Morgan fingerprint density at radius 3 is 1.11 bits per heavy atom. The van der Waals surface area contributed by atoms with Crippen LogP contribution < -0.4 is 47.9 Å². The molecular formula is C85H150N10O32. The Kier molecular flexibility index (Phi) is 57.7. The van der Waals surface area contributed by atoms with Crippen molar-refractivity contribution in [2.45, 2.75) is 349 Å². The molecule has 0 bridgehead atoms. The molecule has 0 aromatic rings. The summed E-state index contributed by atoms with van der Waals surface area (Å²) < 4.78 is 61.5. The molecule has 0 aromatic carbocycles. The molecule has 4 rings (SSSR count). The molecule has 42 nitrogen and oxygen atoms in total. The van der Waals surface area contributed by atoms with Crippen LogP contribution in [0.3, 0.4) is 0 Å². The number of alkyl carbamates (subject to hydrolysis) is 3. The van der Waals surface area contributed by atoms with Gasteiger partial charge in [-0.3, -0.25) is 43.2 Å². The van der Waals surface area contributed by atoms with Crippen LogP contribution in [-0.4, -0.2) is 351 Å². The Morgan fingerprint density at radius 1 is 0.370 bits per heavy atom. The van der Waals surface area contributed by atoms with Gasteiger partial charge in [-0.2, -0.15) is 0 Å². The molecular weight excluding hydrogens is 1670 g/mol. The molecule has 42 heteroatoms. The van der Waals surface area contributed by atoms with Gasteiger partial charge in [-0.05, 0) is 122 Å². The highest BCUT2D eigenvalue weighted by Gasteiger charge is 2.48.